The first-order valence-electron chi connectivity index (χ1n) is 7.98. The predicted molar refractivity (Wildman–Crippen MR) is 95.0 cm³/mol. The van der Waals surface area contributed by atoms with Crippen LogP contribution in [0.25, 0.3) is 5.65 Å². The summed E-state index contributed by atoms with van der Waals surface area (Å²) < 4.78 is 6.40. The van der Waals surface area contributed by atoms with E-state index in [4.69, 9.17) is 16.3 Å². The van der Waals surface area contributed by atoms with Crippen molar-refractivity contribution in [2.75, 3.05) is 6.61 Å². The van der Waals surface area contributed by atoms with Crippen LogP contribution in [0.2, 0.25) is 5.15 Å². The molecule has 0 radical (unpaired) electrons. The molecule has 136 valence electrons. The molecule has 0 saturated heterocycles. The van der Waals surface area contributed by atoms with Crippen molar-refractivity contribution < 1.29 is 14.3 Å². The van der Waals surface area contributed by atoms with E-state index in [2.05, 4.69) is 15.6 Å². The molecular weight excluding hydrogens is 360 g/mol. The highest BCUT2D eigenvalue weighted by atomic mass is 35.5. The fraction of sp³-hybridized carbons (Fsp3) is 0.294. The van der Waals surface area contributed by atoms with Gasteiger partial charge in [-0.2, -0.15) is 0 Å². The van der Waals surface area contributed by atoms with Gasteiger partial charge in [0.2, 0.25) is 0 Å². The first-order valence-corrected chi connectivity index (χ1v) is 8.35. The maximum atomic E-state index is 13.0. The number of ether oxygens (including phenoxy) is 1. The van der Waals surface area contributed by atoms with Gasteiger partial charge in [-0.1, -0.05) is 17.7 Å². The summed E-state index contributed by atoms with van der Waals surface area (Å²) in [5.74, 6) is -0.646. The van der Waals surface area contributed by atoms with E-state index in [9.17, 15) is 14.4 Å². The molecule has 9 heteroatoms. The molecule has 0 saturated carbocycles. The van der Waals surface area contributed by atoms with Crippen molar-refractivity contribution in [2.45, 2.75) is 26.8 Å². The Labute approximate surface area is 153 Å². The second-order valence-electron chi connectivity index (χ2n) is 5.80. The van der Waals surface area contributed by atoms with E-state index in [1.165, 1.54) is 4.40 Å². The van der Waals surface area contributed by atoms with Gasteiger partial charge in [-0.25, -0.2) is 14.6 Å². The number of halogens is 1. The Balaban J connectivity index is 2.27. The van der Waals surface area contributed by atoms with Gasteiger partial charge in [-0.15, -0.1) is 0 Å². The summed E-state index contributed by atoms with van der Waals surface area (Å²) in [5.41, 5.74) is 1.12. The van der Waals surface area contributed by atoms with Gasteiger partial charge in [0.15, 0.2) is 0 Å². The van der Waals surface area contributed by atoms with E-state index < -0.39 is 23.6 Å². The van der Waals surface area contributed by atoms with E-state index in [1.807, 2.05) is 0 Å². The van der Waals surface area contributed by atoms with Gasteiger partial charge in [0.25, 0.3) is 5.56 Å². The largest absolute Gasteiger partial charge is 0.463 e. The van der Waals surface area contributed by atoms with E-state index in [0.29, 0.717) is 11.3 Å². The fourth-order valence-electron chi connectivity index (χ4n) is 2.92. The molecule has 0 spiro atoms. The van der Waals surface area contributed by atoms with Crippen LogP contribution in [0.4, 0.5) is 4.79 Å². The van der Waals surface area contributed by atoms with Crippen LogP contribution in [0, 0.1) is 6.92 Å². The molecule has 0 aliphatic carbocycles. The Morgan fingerprint density at radius 1 is 1.38 bits per heavy atom. The van der Waals surface area contributed by atoms with Crippen LogP contribution in [0.3, 0.4) is 0 Å². The molecule has 1 aliphatic rings. The number of allylic oxidation sites excluding steroid dienone is 1. The van der Waals surface area contributed by atoms with Gasteiger partial charge < -0.3 is 15.4 Å². The minimum atomic E-state index is -1.06. The summed E-state index contributed by atoms with van der Waals surface area (Å²) in [4.78, 5) is 41.7. The molecule has 2 amide bonds. The van der Waals surface area contributed by atoms with Crippen LogP contribution in [0.1, 0.15) is 31.0 Å². The van der Waals surface area contributed by atoms with Crippen molar-refractivity contribution in [3.05, 3.63) is 56.2 Å². The number of pyridine rings is 1. The number of hydrogen-bond acceptors (Lipinski definition) is 5. The minimum absolute atomic E-state index is 0.00650. The molecule has 3 heterocycles. The number of rotatable bonds is 3. The number of nitrogens with zero attached hydrogens (tertiary/aromatic N) is 2. The maximum absolute atomic E-state index is 13.0. The molecule has 26 heavy (non-hydrogen) atoms. The van der Waals surface area contributed by atoms with E-state index in [-0.39, 0.29) is 22.9 Å². The number of aromatic nitrogens is 2. The second-order valence-corrected chi connectivity index (χ2v) is 6.15. The number of aryl methyl sites for hydroxylation is 1. The average molecular weight is 377 g/mol. The Hall–Kier alpha value is -2.87. The van der Waals surface area contributed by atoms with E-state index in [1.54, 1.807) is 39.1 Å². The Bertz CT molecular complexity index is 1010. The quantitative estimate of drug-likeness (QED) is 0.628. The zero-order valence-corrected chi connectivity index (χ0v) is 15.2. The molecule has 0 unspecified atom stereocenters. The van der Waals surface area contributed by atoms with Crippen molar-refractivity contribution in [1.29, 1.82) is 0 Å². The fourth-order valence-corrected chi connectivity index (χ4v) is 3.19. The first kappa shape index (κ1) is 17.9. The average Bonchev–Trinajstić information content (AvgIpc) is 2.55. The van der Waals surface area contributed by atoms with Crippen LogP contribution in [-0.4, -0.2) is 28.0 Å². The standard InChI is InChI=1S/C17H17ClN4O4/c1-4-26-16(24)10-9(3)19-17(25)20-12(10)11-13(18)21-14-8(2)6-5-7-22(14)15(11)23/h5-7,12H,4H2,1-3H3,(H2,19,20,25)/t12-/m1/s1. The third kappa shape index (κ3) is 2.92. The van der Waals surface area contributed by atoms with Gasteiger partial charge in [0.05, 0.1) is 23.8 Å². The van der Waals surface area contributed by atoms with Crippen LogP contribution in [-0.2, 0) is 9.53 Å². The monoisotopic (exact) mass is 376 g/mol. The summed E-state index contributed by atoms with van der Waals surface area (Å²) in [6.45, 7) is 5.18. The lowest BCUT2D eigenvalue weighted by atomic mass is 9.97. The lowest BCUT2D eigenvalue weighted by Gasteiger charge is -2.28. The van der Waals surface area contributed by atoms with Crippen LogP contribution in [0.5, 0.6) is 0 Å². The molecule has 1 aliphatic heterocycles. The van der Waals surface area contributed by atoms with Gasteiger partial charge in [0.1, 0.15) is 10.8 Å². The highest BCUT2D eigenvalue weighted by Crippen LogP contribution is 2.29. The number of fused-ring (bicyclic) bond motifs is 1. The zero-order valence-electron chi connectivity index (χ0n) is 14.4. The summed E-state index contributed by atoms with van der Waals surface area (Å²) in [6, 6.07) is 1.90. The van der Waals surface area contributed by atoms with Gasteiger partial charge in [0, 0.05) is 11.9 Å². The highest BCUT2D eigenvalue weighted by molar-refractivity contribution is 6.30. The highest BCUT2D eigenvalue weighted by Gasteiger charge is 2.36. The summed E-state index contributed by atoms with van der Waals surface area (Å²) in [7, 11) is 0. The topological polar surface area (TPSA) is 102 Å². The van der Waals surface area contributed by atoms with Crippen molar-refractivity contribution in [1.82, 2.24) is 20.0 Å². The number of hydrogen-bond donors (Lipinski definition) is 2. The van der Waals surface area contributed by atoms with Crippen molar-refractivity contribution in [2.24, 2.45) is 0 Å². The molecule has 0 aromatic carbocycles. The molecule has 3 rings (SSSR count). The number of amides is 2. The third-order valence-corrected chi connectivity index (χ3v) is 4.38. The van der Waals surface area contributed by atoms with Gasteiger partial charge >= 0.3 is 12.0 Å². The first-order chi connectivity index (χ1) is 12.3. The third-order valence-electron chi connectivity index (χ3n) is 4.09. The lowest BCUT2D eigenvalue weighted by Crippen LogP contribution is -2.47. The van der Waals surface area contributed by atoms with Crippen LogP contribution >= 0.6 is 11.6 Å². The van der Waals surface area contributed by atoms with E-state index >= 15 is 0 Å². The number of carbonyl (C=O) groups is 2. The van der Waals surface area contributed by atoms with Crippen molar-refractivity contribution in [3.63, 3.8) is 0 Å². The predicted octanol–water partition coefficient (Wildman–Crippen LogP) is 1.85. The zero-order chi connectivity index (χ0) is 19.0. The van der Waals surface area contributed by atoms with Gasteiger partial charge in [-0.05, 0) is 32.4 Å². The SMILES string of the molecule is CCOC(=O)C1=C(C)NC(=O)N[C@H]1c1c(Cl)nc2c(C)cccn2c1=O. The smallest absolute Gasteiger partial charge is 0.338 e. The molecule has 2 aromatic rings. The molecule has 2 N–H and O–H groups in total. The van der Waals surface area contributed by atoms with Crippen LogP contribution in [0.15, 0.2) is 34.4 Å². The van der Waals surface area contributed by atoms with Crippen molar-refractivity contribution in [3.8, 4) is 0 Å². The summed E-state index contributed by atoms with van der Waals surface area (Å²) >= 11 is 6.29. The molecular formula is C17H17ClN4O4. The Kier molecular flexibility index (Phi) is 4.69. The van der Waals surface area contributed by atoms with Gasteiger partial charge in [-0.3, -0.25) is 9.20 Å². The molecule has 8 nitrogen and oxygen atoms in total. The number of carbonyl (C=O) groups excluding carboxylic acids is 2. The lowest BCUT2D eigenvalue weighted by molar-refractivity contribution is -0.139. The van der Waals surface area contributed by atoms with Crippen molar-refractivity contribution >= 4 is 29.2 Å². The number of nitrogens with one attached hydrogen (secondary N) is 2. The maximum Gasteiger partial charge on any atom is 0.338 e. The summed E-state index contributed by atoms with van der Waals surface area (Å²) in [5, 5.41) is 5.00. The van der Waals surface area contributed by atoms with E-state index in [0.717, 1.165) is 5.56 Å². The minimum Gasteiger partial charge on any atom is -0.463 e. The number of urea groups is 1. The molecule has 1 atom stereocenters. The molecule has 2 aromatic heterocycles. The Morgan fingerprint density at radius 3 is 2.81 bits per heavy atom. The second kappa shape index (κ2) is 6.80. The number of esters is 1. The molecule has 0 fully saturated rings. The van der Waals surface area contributed by atoms with Crippen LogP contribution < -0.4 is 16.2 Å². The summed E-state index contributed by atoms with van der Waals surface area (Å²) in [6.07, 6.45) is 1.56. The normalized spacial score (nSPS) is 17.1. The Morgan fingerprint density at radius 2 is 2.12 bits per heavy atom. The molecule has 0 bridgehead atoms.